The normalized spacial score (nSPS) is 31.4. The summed E-state index contributed by atoms with van der Waals surface area (Å²) < 4.78 is 18.5. The quantitative estimate of drug-likeness (QED) is 0.431. The monoisotopic (exact) mass is 436 g/mol. The summed E-state index contributed by atoms with van der Waals surface area (Å²) in [5.74, 6) is 7.83. The van der Waals surface area contributed by atoms with Gasteiger partial charge in [-0.05, 0) is 49.2 Å². The second-order valence-electron chi connectivity index (χ2n) is 11.2. The summed E-state index contributed by atoms with van der Waals surface area (Å²) in [6.07, 6.45) is 5.85. The first-order valence-electron chi connectivity index (χ1n) is 12.2. The van der Waals surface area contributed by atoms with Crippen molar-refractivity contribution in [3.05, 3.63) is 0 Å². The predicted octanol–water partition coefficient (Wildman–Crippen LogP) is 5.36. The molecule has 5 heteroatoms. The maximum atomic E-state index is 10.8. The summed E-state index contributed by atoms with van der Waals surface area (Å²) in [5, 5.41) is 11.0. The molecule has 5 atom stereocenters. The lowest BCUT2D eigenvalue weighted by Crippen LogP contribution is -2.54. The molecule has 5 unspecified atom stereocenters. The van der Waals surface area contributed by atoms with E-state index in [1.165, 1.54) is 12.8 Å². The summed E-state index contributed by atoms with van der Waals surface area (Å²) in [6.45, 7) is 17.4. The number of hydrogen-bond acceptors (Lipinski definition) is 4. The van der Waals surface area contributed by atoms with Crippen LogP contribution in [-0.2, 0) is 13.9 Å². The van der Waals surface area contributed by atoms with Gasteiger partial charge in [-0.15, -0.1) is 0 Å². The maximum Gasteiger partial charge on any atom is 0.193 e. The molecule has 3 fully saturated rings. The number of ether oxygens (including phenoxy) is 2. The molecule has 4 nitrogen and oxygen atoms in total. The Hall–Kier alpha value is -0.383. The highest BCUT2D eigenvalue weighted by molar-refractivity contribution is 6.74. The summed E-state index contributed by atoms with van der Waals surface area (Å²) in [4.78, 5) is 0. The van der Waals surface area contributed by atoms with Crippen LogP contribution in [-0.4, -0.2) is 44.6 Å². The maximum absolute atomic E-state index is 10.8. The summed E-state index contributed by atoms with van der Waals surface area (Å²) in [7, 11) is -1.90. The fraction of sp³-hybridized carbons (Fsp3) is 0.920. The first-order chi connectivity index (χ1) is 14.0. The highest BCUT2D eigenvalue weighted by atomic mass is 28.4. The van der Waals surface area contributed by atoms with Gasteiger partial charge in [0, 0.05) is 18.3 Å². The van der Waals surface area contributed by atoms with Crippen molar-refractivity contribution < 1.29 is 19.0 Å². The zero-order chi connectivity index (χ0) is 22.2. The Balaban J connectivity index is 1.69. The third-order valence-corrected chi connectivity index (χ3v) is 12.9. The van der Waals surface area contributed by atoms with E-state index in [-0.39, 0.29) is 29.1 Å². The van der Waals surface area contributed by atoms with Crippen molar-refractivity contribution in [3.8, 4) is 11.8 Å². The molecule has 1 spiro atoms. The minimum absolute atomic E-state index is 0.00541. The largest absolute Gasteiger partial charge is 0.403 e. The van der Waals surface area contributed by atoms with Crippen LogP contribution in [0.5, 0.6) is 0 Å². The highest BCUT2D eigenvalue weighted by Crippen LogP contribution is 2.59. The molecule has 0 aromatic rings. The minimum atomic E-state index is -1.90. The molecule has 30 heavy (non-hydrogen) atoms. The Morgan fingerprint density at radius 1 is 1.13 bits per heavy atom. The molecule has 0 amide bonds. The Bertz CT molecular complexity index is 634. The molecule has 172 valence electrons. The lowest BCUT2D eigenvalue weighted by atomic mass is 9.69. The van der Waals surface area contributed by atoms with Crippen LogP contribution in [0, 0.1) is 35.5 Å². The number of aliphatic hydroxyl groups is 1. The van der Waals surface area contributed by atoms with E-state index in [9.17, 15) is 5.11 Å². The number of fused-ring (bicyclic) bond motifs is 2. The first kappa shape index (κ1) is 24.3. The van der Waals surface area contributed by atoms with Gasteiger partial charge < -0.3 is 19.0 Å². The molecule has 0 aromatic heterocycles. The van der Waals surface area contributed by atoms with Crippen molar-refractivity contribution in [1.29, 1.82) is 0 Å². The predicted molar refractivity (Wildman–Crippen MR) is 123 cm³/mol. The molecule has 1 aliphatic heterocycles. The van der Waals surface area contributed by atoms with Crippen molar-refractivity contribution in [1.82, 2.24) is 0 Å². The molecule has 2 aliphatic carbocycles. The average Bonchev–Trinajstić information content (AvgIpc) is 3.25. The number of hydrogen-bond donors (Lipinski definition) is 1. The van der Waals surface area contributed by atoms with Crippen molar-refractivity contribution in [3.63, 3.8) is 0 Å². The van der Waals surface area contributed by atoms with E-state index in [4.69, 9.17) is 13.9 Å². The van der Waals surface area contributed by atoms with Gasteiger partial charge in [0.2, 0.25) is 0 Å². The van der Waals surface area contributed by atoms with E-state index in [0.29, 0.717) is 19.1 Å². The Morgan fingerprint density at radius 3 is 2.33 bits per heavy atom. The molecule has 1 saturated heterocycles. The molecular formula is C25H44O4Si. The van der Waals surface area contributed by atoms with Crippen molar-refractivity contribution in [2.75, 3.05) is 13.2 Å². The van der Waals surface area contributed by atoms with Crippen molar-refractivity contribution in [2.24, 2.45) is 23.7 Å². The molecule has 0 bridgehead atoms. The van der Waals surface area contributed by atoms with Gasteiger partial charge in [-0.1, -0.05) is 59.3 Å². The van der Waals surface area contributed by atoms with E-state index in [1.807, 2.05) is 0 Å². The third kappa shape index (κ3) is 4.83. The van der Waals surface area contributed by atoms with E-state index in [2.05, 4.69) is 59.6 Å². The third-order valence-electron chi connectivity index (χ3n) is 8.40. The van der Waals surface area contributed by atoms with Crippen LogP contribution in [0.1, 0.15) is 73.1 Å². The van der Waals surface area contributed by atoms with Crippen LogP contribution in [0.15, 0.2) is 0 Å². The Kier molecular flexibility index (Phi) is 7.47. The van der Waals surface area contributed by atoms with Crippen LogP contribution in [0.4, 0.5) is 0 Å². The summed E-state index contributed by atoms with van der Waals surface area (Å²) in [5.41, 5.74) is 0. The number of aliphatic hydroxyl groups excluding tert-OH is 1. The van der Waals surface area contributed by atoms with E-state index in [0.717, 1.165) is 31.6 Å². The first-order valence-corrected chi connectivity index (χ1v) is 15.1. The fourth-order valence-electron chi connectivity index (χ4n) is 5.14. The van der Waals surface area contributed by atoms with Gasteiger partial charge in [-0.3, -0.25) is 0 Å². The summed E-state index contributed by atoms with van der Waals surface area (Å²) in [6, 6.07) is 0. The highest BCUT2D eigenvalue weighted by Gasteiger charge is 2.64. The standard InChI is InChI=1S/C25H44O4Si/c1-8-18(9-2)10-12-20(29-30(6,7)24(3,4)5)13-11-19-16-22-21(23(19)26)17-25(22)27-14-15-28-25/h18-23,26H,8-10,12,14-17H2,1-7H3. The van der Waals surface area contributed by atoms with Crippen LogP contribution >= 0.6 is 0 Å². The molecule has 3 aliphatic rings. The minimum Gasteiger partial charge on any atom is -0.403 e. The lowest BCUT2D eigenvalue weighted by molar-refractivity contribution is -0.275. The number of rotatable bonds is 7. The Morgan fingerprint density at radius 2 is 1.77 bits per heavy atom. The topological polar surface area (TPSA) is 47.9 Å². The summed E-state index contributed by atoms with van der Waals surface area (Å²) >= 11 is 0. The zero-order valence-electron chi connectivity index (χ0n) is 20.3. The van der Waals surface area contributed by atoms with E-state index < -0.39 is 14.1 Å². The van der Waals surface area contributed by atoms with Gasteiger partial charge >= 0.3 is 0 Å². The smallest absolute Gasteiger partial charge is 0.193 e. The van der Waals surface area contributed by atoms with Gasteiger partial charge in [-0.2, -0.15) is 0 Å². The fourth-order valence-corrected chi connectivity index (χ4v) is 6.38. The van der Waals surface area contributed by atoms with E-state index >= 15 is 0 Å². The van der Waals surface area contributed by atoms with Crippen molar-refractivity contribution >= 4 is 8.32 Å². The SMILES string of the molecule is CCC(CC)CCC(C#CC1CC2C(CC23OCCO3)C1O)O[Si](C)(C)C(C)(C)C. The second kappa shape index (κ2) is 9.23. The van der Waals surface area contributed by atoms with E-state index in [1.54, 1.807) is 0 Å². The average molecular weight is 437 g/mol. The van der Waals surface area contributed by atoms with Gasteiger partial charge in [0.1, 0.15) is 6.10 Å². The van der Waals surface area contributed by atoms with Gasteiger partial charge in [0.25, 0.3) is 0 Å². The van der Waals surface area contributed by atoms with Crippen LogP contribution in [0.25, 0.3) is 0 Å². The molecule has 1 N–H and O–H groups in total. The molecule has 2 saturated carbocycles. The molecule has 1 heterocycles. The van der Waals surface area contributed by atoms with Gasteiger partial charge in [-0.25, -0.2) is 0 Å². The zero-order valence-corrected chi connectivity index (χ0v) is 21.3. The van der Waals surface area contributed by atoms with Crippen LogP contribution in [0.3, 0.4) is 0 Å². The Labute approximate surface area is 185 Å². The van der Waals surface area contributed by atoms with Gasteiger partial charge in [0.15, 0.2) is 14.1 Å². The lowest BCUT2D eigenvalue weighted by Gasteiger charge is -2.48. The molecule has 0 aromatic carbocycles. The van der Waals surface area contributed by atoms with Crippen LogP contribution < -0.4 is 0 Å². The van der Waals surface area contributed by atoms with Crippen molar-refractivity contribution in [2.45, 2.75) is 109 Å². The molecule has 0 radical (unpaired) electrons. The molecule has 3 rings (SSSR count). The van der Waals surface area contributed by atoms with Crippen LogP contribution in [0.2, 0.25) is 18.1 Å². The second-order valence-corrected chi connectivity index (χ2v) is 16.0. The molecular weight excluding hydrogens is 392 g/mol. The van der Waals surface area contributed by atoms with Gasteiger partial charge in [0.05, 0.1) is 19.3 Å².